The Bertz CT molecular complexity index is 9.61. The monoisotopic (exact) mass is 253 g/mol. The predicted molar refractivity (Wildman–Crippen MR) is 26.0 cm³/mol. The van der Waals surface area contributed by atoms with E-state index in [9.17, 15) is 0 Å². The SMILES string of the molecule is CO.[Br][Cu][Br]. The van der Waals surface area contributed by atoms with Crippen LogP contribution in [-0.4, -0.2) is 12.2 Å². The van der Waals surface area contributed by atoms with E-state index in [1.54, 1.807) is 0 Å². The van der Waals surface area contributed by atoms with E-state index in [0.717, 1.165) is 7.11 Å². The molecule has 0 aromatic carbocycles. The molecule has 0 saturated carbocycles. The molecule has 0 fully saturated rings. The molecule has 0 amide bonds. The molecule has 0 aromatic heterocycles. The fourth-order valence-electron chi connectivity index (χ4n) is 0. The molecule has 0 aliphatic rings. The molecular formula is CH4Br2CuO. The van der Waals surface area contributed by atoms with Crippen LogP contribution in [0.25, 0.3) is 0 Å². The van der Waals surface area contributed by atoms with Crippen LogP contribution in [0.1, 0.15) is 0 Å². The van der Waals surface area contributed by atoms with E-state index in [4.69, 9.17) is 5.11 Å². The summed E-state index contributed by atoms with van der Waals surface area (Å²) in [5.74, 6) is 0. The number of aliphatic hydroxyl groups excluding tert-OH is 1. The third kappa shape index (κ3) is 31.1. The van der Waals surface area contributed by atoms with Crippen molar-refractivity contribution in [2.75, 3.05) is 7.11 Å². The third-order valence-corrected chi connectivity index (χ3v) is 0. The maximum atomic E-state index is 7.00. The van der Waals surface area contributed by atoms with Crippen molar-refractivity contribution in [3.05, 3.63) is 0 Å². The Morgan fingerprint density at radius 1 is 1.40 bits per heavy atom. The van der Waals surface area contributed by atoms with Gasteiger partial charge in [-0.1, -0.05) is 0 Å². The minimum absolute atomic E-state index is 1.00. The Balaban J connectivity index is 0. The average molecular weight is 255 g/mol. The molecule has 0 aliphatic heterocycles. The van der Waals surface area contributed by atoms with Crippen LogP contribution in [0.5, 0.6) is 0 Å². The van der Waals surface area contributed by atoms with Gasteiger partial charge >= 0.3 is 39.6 Å². The Kier molecular flexibility index (Phi) is 34.8. The van der Waals surface area contributed by atoms with E-state index < -0.39 is 0 Å². The van der Waals surface area contributed by atoms with Crippen LogP contribution in [0.3, 0.4) is 0 Å². The van der Waals surface area contributed by atoms with Crippen molar-refractivity contribution < 1.29 is 16.4 Å². The molecule has 0 saturated heterocycles. The number of halogens is 2. The summed E-state index contributed by atoms with van der Waals surface area (Å²) >= 11 is 7.38. The Hall–Kier alpha value is 1.44. The Morgan fingerprint density at radius 2 is 1.40 bits per heavy atom. The number of aliphatic hydroxyl groups is 1. The van der Waals surface area contributed by atoms with E-state index in [0.29, 0.717) is 0 Å². The first-order valence-corrected chi connectivity index (χ1v) is 5.33. The zero-order chi connectivity index (χ0) is 4.71. The summed E-state index contributed by atoms with van der Waals surface area (Å²) in [5, 5.41) is 7.00. The third-order valence-electron chi connectivity index (χ3n) is 0. The van der Waals surface area contributed by atoms with Crippen LogP contribution in [0.15, 0.2) is 0 Å². The molecule has 1 nitrogen and oxygen atoms in total. The first kappa shape index (κ1) is 9.67. The molecule has 0 rings (SSSR count). The second-order valence-electron chi connectivity index (χ2n) is 0.0431. The molecule has 39 valence electrons. The van der Waals surface area contributed by atoms with Gasteiger partial charge in [-0.15, -0.1) is 0 Å². The van der Waals surface area contributed by atoms with Crippen molar-refractivity contribution >= 4 is 28.2 Å². The summed E-state index contributed by atoms with van der Waals surface area (Å²) in [5.41, 5.74) is 0. The molecule has 0 unspecified atom stereocenters. The van der Waals surface area contributed by atoms with Gasteiger partial charge in [-0.2, -0.15) is 0 Å². The van der Waals surface area contributed by atoms with Gasteiger partial charge in [0, 0.05) is 7.11 Å². The molecule has 0 aromatic rings. The van der Waals surface area contributed by atoms with Crippen LogP contribution >= 0.6 is 28.2 Å². The molecular weight excluding hydrogens is 251 g/mol. The van der Waals surface area contributed by atoms with Gasteiger partial charge in [-0.3, -0.25) is 0 Å². The zero-order valence-electron chi connectivity index (χ0n) is 2.50. The van der Waals surface area contributed by atoms with Gasteiger partial charge in [-0.05, 0) is 0 Å². The Morgan fingerprint density at radius 3 is 1.40 bits per heavy atom. The average Bonchev–Trinajstić information content (AvgIpc) is 1.46. The first-order chi connectivity index (χ1) is 2.41. The summed E-state index contributed by atoms with van der Waals surface area (Å²) in [7, 11) is 1.00. The van der Waals surface area contributed by atoms with Crippen molar-refractivity contribution in [3.8, 4) is 0 Å². The fourth-order valence-corrected chi connectivity index (χ4v) is 0. The van der Waals surface area contributed by atoms with Crippen molar-refractivity contribution in [2.24, 2.45) is 0 Å². The minimum atomic E-state index is 1.00. The van der Waals surface area contributed by atoms with E-state index >= 15 is 0 Å². The van der Waals surface area contributed by atoms with E-state index in [-0.39, 0.29) is 0 Å². The Labute approximate surface area is 51.7 Å². The summed E-state index contributed by atoms with van der Waals surface area (Å²) in [6, 6.07) is 0. The van der Waals surface area contributed by atoms with Gasteiger partial charge in [-0.25, -0.2) is 0 Å². The van der Waals surface area contributed by atoms with Crippen LogP contribution in [0.4, 0.5) is 0 Å². The molecule has 5 heavy (non-hydrogen) atoms. The summed E-state index contributed by atoms with van der Waals surface area (Å²) < 4.78 is 0. The molecule has 0 radical (unpaired) electrons. The second-order valence-corrected chi connectivity index (χ2v) is 4.80. The molecule has 4 heteroatoms. The van der Waals surface area contributed by atoms with Crippen LogP contribution < -0.4 is 0 Å². The maximum absolute atomic E-state index is 7.00. The van der Waals surface area contributed by atoms with Gasteiger partial charge in [0.15, 0.2) is 0 Å². The number of hydrogen-bond acceptors (Lipinski definition) is 1. The van der Waals surface area contributed by atoms with Crippen molar-refractivity contribution in [1.29, 1.82) is 0 Å². The molecule has 0 aliphatic carbocycles. The quantitative estimate of drug-likeness (QED) is 0.647. The van der Waals surface area contributed by atoms with Gasteiger partial charge < -0.3 is 5.11 Å². The molecule has 0 atom stereocenters. The number of hydrogen-bond donors (Lipinski definition) is 1. The van der Waals surface area contributed by atoms with Crippen LogP contribution in [0.2, 0.25) is 0 Å². The van der Waals surface area contributed by atoms with Gasteiger partial charge in [0.2, 0.25) is 0 Å². The molecule has 0 spiro atoms. The fraction of sp³-hybridized carbons (Fsp3) is 1.00. The molecule has 0 bridgehead atoms. The summed E-state index contributed by atoms with van der Waals surface area (Å²) in [6.07, 6.45) is 0. The van der Waals surface area contributed by atoms with Gasteiger partial charge in [0.1, 0.15) is 0 Å². The standard InChI is InChI=1S/CH4O.2BrH.Cu/c1-2;;;/h2H,1H3;2*1H;/q;;;+2/p-2. The van der Waals surface area contributed by atoms with Crippen molar-refractivity contribution in [3.63, 3.8) is 0 Å². The zero-order valence-corrected chi connectivity index (χ0v) is 6.62. The van der Waals surface area contributed by atoms with Crippen LogP contribution in [0, 0.1) is 0 Å². The van der Waals surface area contributed by atoms with Gasteiger partial charge in [0.25, 0.3) is 0 Å². The first-order valence-electron chi connectivity index (χ1n) is 0.675. The molecule has 1 N–H and O–H groups in total. The molecule has 0 heterocycles. The van der Waals surface area contributed by atoms with Crippen LogP contribution in [-0.2, 0) is 11.3 Å². The topological polar surface area (TPSA) is 20.2 Å². The van der Waals surface area contributed by atoms with E-state index in [1.807, 2.05) is 0 Å². The van der Waals surface area contributed by atoms with Crippen molar-refractivity contribution in [2.45, 2.75) is 0 Å². The summed E-state index contributed by atoms with van der Waals surface area (Å²) in [4.78, 5) is 0. The second kappa shape index (κ2) is 18.0. The normalized spacial score (nSPS) is 5.60. The summed E-state index contributed by atoms with van der Waals surface area (Å²) in [6.45, 7) is 0. The van der Waals surface area contributed by atoms with E-state index in [1.165, 1.54) is 11.3 Å². The number of rotatable bonds is 0. The van der Waals surface area contributed by atoms with Gasteiger partial charge in [0.05, 0.1) is 0 Å². The van der Waals surface area contributed by atoms with Crippen molar-refractivity contribution in [1.82, 2.24) is 0 Å². The van der Waals surface area contributed by atoms with E-state index in [2.05, 4.69) is 28.2 Å². The predicted octanol–water partition coefficient (Wildman–Crippen LogP) is 1.30.